The van der Waals surface area contributed by atoms with E-state index in [9.17, 15) is 9.70 Å². The Bertz CT molecular complexity index is 661. The van der Waals surface area contributed by atoms with Gasteiger partial charge in [0.1, 0.15) is 11.0 Å². The van der Waals surface area contributed by atoms with Gasteiger partial charge in [-0.3, -0.25) is 4.79 Å². The fourth-order valence-corrected chi connectivity index (χ4v) is 2.84. The second-order valence-corrected chi connectivity index (χ2v) is 5.45. The number of hydrogen-bond donors (Lipinski definition) is 0. The molecule has 1 aliphatic carbocycles. The minimum Gasteiger partial charge on any atom is -0.339 e. The number of benzene rings is 1. The van der Waals surface area contributed by atoms with Gasteiger partial charge in [0.15, 0.2) is 0 Å². The van der Waals surface area contributed by atoms with Crippen LogP contribution in [0.25, 0.3) is 11.0 Å². The maximum atomic E-state index is 12.5. The van der Waals surface area contributed by atoms with Crippen molar-refractivity contribution in [2.75, 3.05) is 7.05 Å². The van der Waals surface area contributed by atoms with Crippen molar-refractivity contribution < 1.29 is 9.42 Å². The standard InChI is InChI=1S/C14H16N4O3/c1-18(11-5-3-10(15-20)4-6-11)14(19)9-2-7-12-13(8-9)17-21-16-12/h2,7-8,10-11H,3-6H2,1H3. The lowest BCUT2D eigenvalue weighted by molar-refractivity contribution is 0.0690. The highest BCUT2D eigenvalue weighted by molar-refractivity contribution is 5.97. The number of fused-ring (bicyclic) bond motifs is 1. The van der Waals surface area contributed by atoms with E-state index in [1.165, 1.54) is 0 Å². The van der Waals surface area contributed by atoms with Crippen LogP contribution in [-0.2, 0) is 0 Å². The van der Waals surface area contributed by atoms with E-state index in [1.54, 1.807) is 30.1 Å². The smallest absolute Gasteiger partial charge is 0.253 e. The predicted molar refractivity (Wildman–Crippen MR) is 75.7 cm³/mol. The van der Waals surface area contributed by atoms with Crippen LogP contribution in [0.2, 0.25) is 0 Å². The van der Waals surface area contributed by atoms with E-state index in [-0.39, 0.29) is 18.0 Å². The van der Waals surface area contributed by atoms with Crippen LogP contribution in [0.1, 0.15) is 36.0 Å². The summed E-state index contributed by atoms with van der Waals surface area (Å²) in [7, 11) is 1.80. The van der Waals surface area contributed by atoms with E-state index >= 15 is 0 Å². The van der Waals surface area contributed by atoms with E-state index in [4.69, 9.17) is 0 Å². The molecule has 0 spiro atoms. The summed E-state index contributed by atoms with van der Waals surface area (Å²) in [5, 5.41) is 10.6. The van der Waals surface area contributed by atoms with Crippen molar-refractivity contribution in [2.24, 2.45) is 5.18 Å². The lowest BCUT2D eigenvalue weighted by atomic mass is 9.90. The number of nitrogens with zero attached hydrogens (tertiary/aromatic N) is 4. The van der Waals surface area contributed by atoms with Crippen molar-refractivity contribution in [3.05, 3.63) is 28.7 Å². The number of rotatable bonds is 3. The molecule has 3 rings (SSSR count). The van der Waals surface area contributed by atoms with Gasteiger partial charge in [-0.05, 0) is 54.2 Å². The topological polar surface area (TPSA) is 88.7 Å². The molecule has 21 heavy (non-hydrogen) atoms. The third kappa shape index (κ3) is 2.63. The largest absolute Gasteiger partial charge is 0.339 e. The Balaban J connectivity index is 1.73. The van der Waals surface area contributed by atoms with E-state index in [0.717, 1.165) is 25.7 Å². The Morgan fingerprint density at radius 2 is 1.95 bits per heavy atom. The fraction of sp³-hybridized carbons (Fsp3) is 0.500. The van der Waals surface area contributed by atoms with Gasteiger partial charge in [-0.2, -0.15) is 4.91 Å². The van der Waals surface area contributed by atoms with Gasteiger partial charge in [0.2, 0.25) is 0 Å². The quantitative estimate of drug-likeness (QED) is 0.809. The molecule has 1 saturated carbocycles. The molecular formula is C14H16N4O3. The molecule has 0 aliphatic heterocycles. The Kier molecular flexibility index (Phi) is 3.64. The average molecular weight is 288 g/mol. The summed E-state index contributed by atoms with van der Waals surface area (Å²) in [4.78, 5) is 24.8. The number of hydrogen-bond acceptors (Lipinski definition) is 6. The summed E-state index contributed by atoms with van der Waals surface area (Å²) < 4.78 is 4.64. The molecular weight excluding hydrogens is 272 g/mol. The molecule has 0 saturated heterocycles. The van der Waals surface area contributed by atoms with Gasteiger partial charge in [0, 0.05) is 18.7 Å². The Morgan fingerprint density at radius 3 is 2.67 bits per heavy atom. The Hall–Kier alpha value is -2.31. The van der Waals surface area contributed by atoms with Crippen LogP contribution in [0.5, 0.6) is 0 Å². The molecule has 0 radical (unpaired) electrons. The Morgan fingerprint density at radius 1 is 1.24 bits per heavy atom. The predicted octanol–water partition coefficient (Wildman–Crippen LogP) is 2.37. The molecule has 0 atom stereocenters. The van der Waals surface area contributed by atoms with Crippen LogP contribution in [-0.4, -0.2) is 40.3 Å². The maximum Gasteiger partial charge on any atom is 0.253 e. The van der Waals surface area contributed by atoms with Gasteiger partial charge in [0.05, 0.1) is 6.04 Å². The lowest BCUT2D eigenvalue weighted by Gasteiger charge is -2.32. The van der Waals surface area contributed by atoms with Crippen LogP contribution in [0.4, 0.5) is 0 Å². The first kappa shape index (κ1) is 13.7. The summed E-state index contributed by atoms with van der Waals surface area (Å²) in [6.07, 6.45) is 3.12. The Labute approximate surface area is 121 Å². The molecule has 0 unspecified atom stereocenters. The SMILES string of the molecule is CN(C(=O)c1ccc2nonc2c1)C1CCC(N=O)CC1. The molecule has 1 aromatic heterocycles. The maximum absolute atomic E-state index is 12.5. The first-order valence-electron chi connectivity index (χ1n) is 7.01. The number of nitroso groups, excluding NO2 is 1. The first-order valence-corrected chi connectivity index (χ1v) is 7.01. The van der Waals surface area contributed by atoms with E-state index in [1.807, 2.05) is 0 Å². The molecule has 110 valence electrons. The van der Waals surface area contributed by atoms with E-state index in [0.29, 0.717) is 16.6 Å². The van der Waals surface area contributed by atoms with Crippen LogP contribution in [0.3, 0.4) is 0 Å². The first-order chi connectivity index (χ1) is 10.2. The second-order valence-electron chi connectivity index (χ2n) is 5.45. The van der Waals surface area contributed by atoms with Crippen molar-refractivity contribution in [3.63, 3.8) is 0 Å². The fourth-order valence-electron chi connectivity index (χ4n) is 2.84. The van der Waals surface area contributed by atoms with Gasteiger partial charge in [0.25, 0.3) is 5.91 Å². The zero-order chi connectivity index (χ0) is 14.8. The zero-order valence-corrected chi connectivity index (χ0v) is 11.7. The van der Waals surface area contributed by atoms with Gasteiger partial charge in [-0.1, -0.05) is 5.18 Å². The summed E-state index contributed by atoms with van der Waals surface area (Å²) in [6.45, 7) is 0. The van der Waals surface area contributed by atoms with Gasteiger partial charge < -0.3 is 4.90 Å². The summed E-state index contributed by atoms with van der Waals surface area (Å²) >= 11 is 0. The molecule has 1 fully saturated rings. The summed E-state index contributed by atoms with van der Waals surface area (Å²) in [6, 6.07) is 5.19. The summed E-state index contributed by atoms with van der Waals surface area (Å²) in [5.74, 6) is -0.0533. The highest BCUT2D eigenvalue weighted by Crippen LogP contribution is 2.25. The highest BCUT2D eigenvalue weighted by Gasteiger charge is 2.27. The average Bonchev–Trinajstić information content (AvgIpc) is 3.01. The van der Waals surface area contributed by atoms with Crippen molar-refractivity contribution >= 4 is 16.9 Å². The van der Waals surface area contributed by atoms with E-state index in [2.05, 4.69) is 20.1 Å². The molecule has 1 aliphatic rings. The second kappa shape index (κ2) is 5.59. The van der Waals surface area contributed by atoms with Crippen LogP contribution < -0.4 is 0 Å². The van der Waals surface area contributed by atoms with Crippen LogP contribution in [0, 0.1) is 4.91 Å². The molecule has 1 amide bonds. The van der Waals surface area contributed by atoms with Crippen molar-refractivity contribution in [2.45, 2.75) is 37.8 Å². The van der Waals surface area contributed by atoms with Gasteiger partial charge >= 0.3 is 0 Å². The lowest BCUT2D eigenvalue weighted by Crippen LogP contribution is -2.40. The van der Waals surface area contributed by atoms with Crippen molar-refractivity contribution in [1.82, 2.24) is 15.2 Å². The van der Waals surface area contributed by atoms with Gasteiger partial charge in [-0.25, -0.2) is 4.63 Å². The number of carbonyl (C=O) groups is 1. The minimum absolute atomic E-state index is 0.0533. The molecule has 1 heterocycles. The molecule has 0 bridgehead atoms. The summed E-state index contributed by atoms with van der Waals surface area (Å²) in [5.41, 5.74) is 1.77. The molecule has 7 heteroatoms. The van der Waals surface area contributed by atoms with Crippen LogP contribution >= 0.6 is 0 Å². The van der Waals surface area contributed by atoms with Gasteiger partial charge in [-0.15, -0.1) is 0 Å². The number of amides is 1. The normalized spacial score (nSPS) is 22.1. The zero-order valence-electron chi connectivity index (χ0n) is 11.7. The molecule has 2 aromatic rings. The molecule has 1 aromatic carbocycles. The number of aromatic nitrogens is 2. The van der Waals surface area contributed by atoms with Crippen molar-refractivity contribution in [3.8, 4) is 0 Å². The monoisotopic (exact) mass is 288 g/mol. The van der Waals surface area contributed by atoms with Crippen LogP contribution in [0.15, 0.2) is 28.0 Å². The third-order valence-corrected chi connectivity index (χ3v) is 4.18. The molecule has 7 nitrogen and oxygen atoms in total. The highest BCUT2D eigenvalue weighted by atomic mass is 16.6. The third-order valence-electron chi connectivity index (χ3n) is 4.18. The van der Waals surface area contributed by atoms with Crippen molar-refractivity contribution in [1.29, 1.82) is 0 Å². The minimum atomic E-state index is -0.0951. The number of carbonyl (C=O) groups excluding carboxylic acids is 1. The van der Waals surface area contributed by atoms with E-state index < -0.39 is 0 Å². The molecule has 0 N–H and O–H groups in total.